The predicted octanol–water partition coefficient (Wildman–Crippen LogP) is 3.35. The van der Waals surface area contributed by atoms with Gasteiger partial charge in [0.05, 0.1) is 6.61 Å². The van der Waals surface area contributed by atoms with Gasteiger partial charge >= 0.3 is 0 Å². The van der Waals surface area contributed by atoms with Crippen molar-refractivity contribution in [1.82, 2.24) is 0 Å². The second-order valence-corrected chi connectivity index (χ2v) is 4.69. The average molecular weight is 262 g/mol. The molecule has 0 aliphatic rings. The SMILES string of the molecule is CCC(=O)CCCOc1ccc(CCC(C)=O)cc1. The van der Waals surface area contributed by atoms with Crippen LogP contribution in [0, 0.1) is 0 Å². The summed E-state index contributed by atoms with van der Waals surface area (Å²) in [4.78, 5) is 22.0. The lowest BCUT2D eigenvalue weighted by Gasteiger charge is -2.06. The number of benzene rings is 1. The van der Waals surface area contributed by atoms with Gasteiger partial charge < -0.3 is 9.53 Å². The van der Waals surface area contributed by atoms with Crippen LogP contribution in [0.3, 0.4) is 0 Å². The number of Topliss-reactive ketones (excluding diaryl/α,β-unsaturated/α-hetero) is 2. The van der Waals surface area contributed by atoms with Crippen LogP contribution in [0.4, 0.5) is 0 Å². The highest BCUT2D eigenvalue weighted by Gasteiger charge is 2.00. The molecule has 0 fully saturated rings. The zero-order chi connectivity index (χ0) is 14.1. The van der Waals surface area contributed by atoms with Crippen LogP contribution < -0.4 is 4.74 Å². The largest absolute Gasteiger partial charge is 0.494 e. The first-order valence-corrected chi connectivity index (χ1v) is 6.84. The molecule has 0 heterocycles. The number of carbonyl (C=O) groups excluding carboxylic acids is 2. The van der Waals surface area contributed by atoms with Gasteiger partial charge in [0.15, 0.2) is 0 Å². The van der Waals surface area contributed by atoms with Gasteiger partial charge in [-0.15, -0.1) is 0 Å². The van der Waals surface area contributed by atoms with Gasteiger partial charge in [-0.2, -0.15) is 0 Å². The molecule has 0 spiro atoms. The lowest BCUT2D eigenvalue weighted by atomic mass is 10.1. The van der Waals surface area contributed by atoms with Gasteiger partial charge in [0.2, 0.25) is 0 Å². The number of ketones is 2. The highest BCUT2D eigenvalue weighted by atomic mass is 16.5. The van der Waals surface area contributed by atoms with Gasteiger partial charge in [-0.1, -0.05) is 19.1 Å². The maximum atomic E-state index is 11.1. The van der Waals surface area contributed by atoms with Crippen molar-refractivity contribution < 1.29 is 14.3 Å². The Hall–Kier alpha value is -1.64. The second-order valence-electron chi connectivity index (χ2n) is 4.69. The van der Waals surface area contributed by atoms with Gasteiger partial charge in [0, 0.05) is 19.3 Å². The summed E-state index contributed by atoms with van der Waals surface area (Å²) in [6.45, 7) is 4.05. The summed E-state index contributed by atoms with van der Waals surface area (Å²) in [5, 5.41) is 0. The quantitative estimate of drug-likeness (QED) is 0.641. The molecule has 104 valence electrons. The Morgan fingerprint density at radius 3 is 2.37 bits per heavy atom. The van der Waals surface area contributed by atoms with Crippen LogP contribution >= 0.6 is 0 Å². The summed E-state index contributed by atoms with van der Waals surface area (Å²) in [7, 11) is 0. The van der Waals surface area contributed by atoms with Gasteiger partial charge in [-0.25, -0.2) is 0 Å². The Labute approximate surface area is 115 Å². The summed E-state index contributed by atoms with van der Waals surface area (Å²) in [6.07, 6.45) is 3.32. The Morgan fingerprint density at radius 2 is 1.79 bits per heavy atom. The molecule has 1 aromatic rings. The maximum absolute atomic E-state index is 11.1. The van der Waals surface area contributed by atoms with E-state index >= 15 is 0 Å². The molecular weight excluding hydrogens is 240 g/mol. The number of aryl methyl sites for hydroxylation is 1. The number of hydrogen-bond donors (Lipinski definition) is 0. The first kappa shape index (κ1) is 15.4. The predicted molar refractivity (Wildman–Crippen MR) is 75.5 cm³/mol. The van der Waals surface area contributed by atoms with E-state index in [1.165, 1.54) is 0 Å². The molecule has 0 unspecified atom stereocenters. The summed E-state index contributed by atoms with van der Waals surface area (Å²) in [5.41, 5.74) is 1.14. The molecule has 0 bridgehead atoms. The number of rotatable bonds is 9. The third kappa shape index (κ3) is 6.75. The molecular formula is C16H22O3. The van der Waals surface area contributed by atoms with Crippen molar-refractivity contribution in [2.45, 2.75) is 46.0 Å². The fraction of sp³-hybridized carbons (Fsp3) is 0.500. The van der Waals surface area contributed by atoms with Crippen LogP contribution in [0.5, 0.6) is 5.75 Å². The molecule has 0 radical (unpaired) electrons. The van der Waals surface area contributed by atoms with E-state index in [1.807, 2.05) is 31.2 Å². The lowest BCUT2D eigenvalue weighted by Crippen LogP contribution is -2.02. The summed E-state index contributed by atoms with van der Waals surface area (Å²) in [6, 6.07) is 7.79. The van der Waals surface area contributed by atoms with Crippen molar-refractivity contribution >= 4 is 11.6 Å². The summed E-state index contributed by atoms with van der Waals surface area (Å²) >= 11 is 0. The third-order valence-electron chi connectivity index (χ3n) is 2.95. The van der Waals surface area contributed by atoms with Crippen LogP contribution in [-0.4, -0.2) is 18.2 Å². The minimum absolute atomic E-state index is 0.209. The summed E-state index contributed by atoms with van der Waals surface area (Å²) < 4.78 is 5.56. The molecule has 0 aliphatic carbocycles. The van der Waals surface area contributed by atoms with Crippen LogP contribution in [0.15, 0.2) is 24.3 Å². The molecule has 1 aromatic carbocycles. The highest BCUT2D eigenvalue weighted by molar-refractivity contribution is 5.77. The zero-order valence-corrected chi connectivity index (χ0v) is 11.8. The monoisotopic (exact) mass is 262 g/mol. The van der Waals surface area contributed by atoms with E-state index in [4.69, 9.17) is 4.74 Å². The molecule has 0 N–H and O–H groups in total. The Bertz CT molecular complexity index is 407. The fourth-order valence-electron chi connectivity index (χ4n) is 1.71. The molecule has 1 rings (SSSR count). The Morgan fingerprint density at radius 1 is 1.11 bits per heavy atom. The second kappa shape index (κ2) is 8.46. The van der Waals surface area contributed by atoms with Crippen molar-refractivity contribution in [1.29, 1.82) is 0 Å². The van der Waals surface area contributed by atoms with Crippen molar-refractivity contribution in [3.8, 4) is 5.75 Å². The first-order chi connectivity index (χ1) is 9.11. The van der Waals surface area contributed by atoms with Gasteiger partial charge in [-0.05, 0) is 37.5 Å². The topological polar surface area (TPSA) is 43.4 Å². The summed E-state index contributed by atoms with van der Waals surface area (Å²) in [5.74, 6) is 1.31. The molecule has 19 heavy (non-hydrogen) atoms. The van der Waals surface area contributed by atoms with E-state index in [1.54, 1.807) is 6.92 Å². The van der Waals surface area contributed by atoms with E-state index in [2.05, 4.69) is 0 Å². The standard InChI is InChI=1S/C16H22O3/c1-3-15(18)5-4-12-19-16-10-8-14(9-11-16)7-6-13(2)17/h8-11H,3-7,12H2,1-2H3. The van der Waals surface area contributed by atoms with Crippen LogP contribution in [0.1, 0.15) is 45.1 Å². The molecule has 3 nitrogen and oxygen atoms in total. The van der Waals surface area contributed by atoms with E-state index in [9.17, 15) is 9.59 Å². The fourth-order valence-corrected chi connectivity index (χ4v) is 1.71. The van der Waals surface area contributed by atoms with E-state index in [0.717, 1.165) is 24.2 Å². The zero-order valence-electron chi connectivity index (χ0n) is 11.8. The maximum Gasteiger partial charge on any atom is 0.132 e. The molecule has 0 aliphatic heterocycles. The van der Waals surface area contributed by atoms with E-state index in [-0.39, 0.29) is 11.6 Å². The van der Waals surface area contributed by atoms with Crippen LogP contribution in [0.2, 0.25) is 0 Å². The third-order valence-corrected chi connectivity index (χ3v) is 2.95. The molecule has 0 aromatic heterocycles. The van der Waals surface area contributed by atoms with E-state index in [0.29, 0.717) is 25.9 Å². The van der Waals surface area contributed by atoms with Crippen molar-refractivity contribution in [3.05, 3.63) is 29.8 Å². The lowest BCUT2D eigenvalue weighted by molar-refractivity contribution is -0.119. The smallest absolute Gasteiger partial charge is 0.132 e. The molecule has 0 atom stereocenters. The van der Waals surface area contributed by atoms with Crippen LogP contribution in [-0.2, 0) is 16.0 Å². The number of ether oxygens (including phenoxy) is 1. The highest BCUT2D eigenvalue weighted by Crippen LogP contribution is 2.14. The number of carbonyl (C=O) groups is 2. The molecule has 0 amide bonds. The minimum atomic E-state index is 0.209. The Balaban J connectivity index is 2.28. The normalized spacial score (nSPS) is 10.2. The average Bonchev–Trinajstić information content (AvgIpc) is 2.42. The van der Waals surface area contributed by atoms with Gasteiger partial charge in [0.25, 0.3) is 0 Å². The van der Waals surface area contributed by atoms with Crippen LogP contribution in [0.25, 0.3) is 0 Å². The molecule has 0 saturated heterocycles. The molecule has 0 saturated carbocycles. The Kier molecular flexibility index (Phi) is 6.86. The van der Waals surface area contributed by atoms with Crippen molar-refractivity contribution in [2.75, 3.05) is 6.61 Å². The van der Waals surface area contributed by atoms with Gasteiger partial charge in [-0.3, -0.25) is 4.79 Å². The van der Waals surface area contributed by atoms with Crippen molar-refractivity contribution in [3.63, 3.8) is 0 Å². The van der Waals surface area contributed by atoms with Crippen molar-refractivity contribution in [2.24, 2.45) is 0 Å². The van der Waals surface area contributed by atoms with E-state index < -0.39 is 0 Å². The number of hydrogen-bond acceptors (Lipinski definition) is 3. The molecule has 3 heteroatoms. The van der Waals surface area contributed by atoms with Gasteiger partial charge in [0.1, 0.15) is 17.3 Å². The minimum Gasteiger partial charge on any atom is -0.494 e. The first-order valence-electron chi connectivity index (χ1n) is 6.84.